The molecule has 0 aliphatic heterocycles. The third kappa shape index (κ3) is 3.52. The predicted octanol–water partition coefficient (Wildman–Crippen LogP) is 3.68. The average Bonchev–Trinajstić information content (AvgIpc) is 2.86. The summed E-state index contributed by atoms with van der Waals surface area (Å²) in [6, 6.07) is 1.07. The molecule has 1 aromatic carbocycles. The van der Waals surface area contributed by atoms with Gasteiger partial charge in [-0.2, -0.15) is 0 Å². The molecule has 118 valence electrons. The number of nitrogens with one attached hydrogen (secondary N) is 1. The van der Waals surface area contributed by atoms with Crippen molar-refractivity contribution in [3.8, 4) is 0 Å². The van der Waals surface area contributed by atoms with Crippen LogP contribution < -0.4 is 10.5 Å². The molecule has 0 radical (unpaired) electrons. The van der Waals surface area contributed by atoms with E-state index in [9.17, 15) is 12.8 Å². The Morgan fingerprint density at radius 3 is 2.62 bits per heavy atom. The second kappa shape index (κ2) is 6.02. The summed E-state index contributed by atoms with van der Waals surface area (Å²) in [7, 11) is -3.99. The standard InChI is InChI=1S/C13H17BrClFN2O2S/c1-13(4-2-3-5-13)7-18-21(19,20)9-6-8(15)10(14)12(17)11(9)16/h6,18H,2-5,7,17H2,1H3. The lowest BCUT2D eigenvalue weighted by molar-refractivity contribution is 0.336. The number of rotatable bonds is 4. The normalized spacial score (nSPS) is 18.1. The molecule has 3 N–H and O–H groups in total. The third-order valence-corrected chi connectivity index (χ3v) is 6.73. The first-order valence-corrected chi connectivity index (χ1v) is 9.24. The first-order valence-electron chi connectivity index (χ1n) is 6.59. The maximum Gasteiger partial charge on any atom is 0.243 e. The molecule has 0 saturated heterocycles. The van der Waals surface area contributed by atoms with Crippen LogP contribution in [-0.4, -0.2) is 15.0 Å². The van der Waals surface area contributed by atoms with Gasteiger partial charge in [0.05, 0.1) is 15.2 Å². The van der Waals surface area contributed by atoms with E-state index in [1.807, 2.05) is 6.92 Å². The summed E-state index contributed by atoms with van der Waals surface area (Å²) in [5.74, 6) is -0.990. The summed E-state index contributed by atoms with van der Waals surface area (Å²) < 4.78 is 41.3. The number of halogens is 3. The Labute approximate surface area is 137 Å². The molecule has 0 amide bonds. The zero-order valence-electron chi connectivity index (χ0n) is 11.5. The molecule has 0 bridgehead atoms. The van der Waals surface area contributed by atoms with Crippen LogP contribution in [0.4, 0.5) is 10.1 Å². The third-order valence-electron chi connectivity index (χ3n) is 3.95. The van der Waals surface area contributed by atoms with E-state index >= 15 is 0 Å². The van der Waals surface area contributed by atoms with E-state index in [0.29, 0.717) is 0 Å². The number of benzene rings is 1. The van der Waals surface area contributed by atoms with E-state index in [2.05, 4.69) is 20.7 Å². The van der Waals surface area contributed by atoms with Crippen molar-refractivity contribution >= 4 is 43.2 Å². The van der Waals surface area contributed by atoms with Crippen LogP contribution in [0.25, 0.3) is 0 Å². The molecule has 8 heteroatoms. The highest BCUT2D eigenvalue weighted by Gasteiger charge is 2.31. The maximum absolute atomic E-state index is 14.1. The van der Waals surface area contributed by atoms with Gasteiger partial charge in [0.15, 0.2) is 5.82 Å². The SMILES string of the molecule is CC1(CNS(=O)(=O)c2cc(Cl)c(Br)c(N)c2F)CCCC1. The van der Waals surface area contributed by atoms with Crippen LogP contribution in [0.5, 0.6) is 0 Å². The largest absolute Gasteiger partial charge is 0.395 e. The zero-order chi connectivity index (χ0) is 15.8. The van der Waals surface area contributed by atoms with Gasteiger partial charge in [0.25, 0.3) is 0 Å². The van der Waals surface area contributed by atoms with Crippen molar-refractivity contribution in [2.24, 2.45) is 5.41 Å². The molecule has 1 saturated carbocycles. The number of nitrogens with two attached hydrogens (primary N) is 1. The van der Waals surface area contributed by atoms with E-state index < -0.39 is 20.7 Å². The first-order chi connectivity index (χ1) is 9.66. The minimum absolute atomic E-state index is 0.0568. The molecule has 0 atom stereocenters. The minimum Gasteiger partial charge on any atom is -0.395 e. The summed E-state index contributed by atoms with van der Waals surface area (Å²) >= 11 is 8.89. The van der Waals surface area contributed by atoms with Gasteiger partial charge >= 0.3 is 0 Å². The number of hydrogen-bond donors (Lipinski definition) is 2. The molecule has 0 aromatic heterocycles. The Hall–Kier alpha value is -0.370. The van der Waals surface area contributed by atoms with Crippen molar-refractivity contribution in [1.82, 2.24) is 4.72 Å². The van der Waals surface area contributed by atoms with Gasteiger partial charge in [-0.25, -0.2) is 17.5 Å². The van der Waals surface area contributed by atoms with Crippen LogP contribution in [-0.2, 0) is 10.0 Å². The smallest absolute Gasteiger partial charge is 0.243 e. The van der Waals surface area contributed by atoms with E-state index in [1.54, 1.807) is 0 Å². The first kappa shape index (κ1) is 17.0. The zero-order valence-corrected chi connectivity index (χ0v) is 14.7. The Morgan fingerprint density at radius 2 is 2.05 bits per heavy atom. The van der Waals surface area contributed by atoms with Crippen LogP contribution in [0.2, 0.25) is 5.02 Å². The lowest BCUT2D eigenvalue weighted by atomic mass is 9.89. The monoisotopic (exact) mass is 398 g/mol. The summed E-state index contributed by atoms with van der Waals surface area (Å²) in [6.07, 6.45) is 4.09. The molecule has 0 unspecified atom stereocenters. The van der Waals surface area contributed by atoms with Crippen LogP contribution >= 0.6 is 27.5 Å². The van der Waals surface area contributed by atoms with Crippen LogP contribution in [0, 0.1) is 11.2 Å². The maximum atomic E-state index is 14.1. The molecule has 2 rings (SSSR count). The van der Waals surface area contributed by atoms with Gasteiger partial charge < -0.3 is 5.73 Å². The Bertz CT molecular complexity index is 661. The molecule has 4 nitrogen and oxygen atoms in total. The van der Waals surface area contributed by atoms with Crippen LogP contribution in [0.3, 0.4) is 0 Å². The number of anilines is 1. The van der Waals surface area contributed by atoms with E-state index in [4.69, 9.17) is 17.3 Å². The van der Waals surface area contributed by atoms with Gasteiger partial charge in [-0.3, -0.25) is 0 Å². The highest BCUT2D eigenvalue weighted by Crippen LogP contribution is 2.38. The van der Waals surface area contributed by atoms with Gasteiger partial charge in [0.1, 0.15) is 4.90 Å². The van der Waals surface area contributed by atoms with Crippen molar-refractivity contribution in [3.05, 3.63) is 21.4 Å². The fourth-order valence-electron chi connectivity index (χ4n) is 2.55. The van der Waals surface area contributed by atoms with Gasteiger partial charge in [0, 0.05) is 6.54 Å². The summed E-state index contributed by atoms with van der Waals surface area (Å²) in [6.45, 7) is 2.31. The molecule has 1 aliphatic carbocycles. The summed E-state index contributed by atoms with van der Waals surface area (Å²) in [5, 5.41) is 0.0568. The van der Waals surface area contributed by atoms with E-state index in [1.165, 1.54) is 0 Å². The molecule has 1 aromatic rings. The highest BCUT2D eigenvalue weighted by molar-refractivity contribution is 9.10. The topological polar surface area (TPSA) is 72.2 Å². The lowest BCUT2D eigenvalue weighted by Gasteiger charge is -2.23. The van der Waals surface area contributed by atoms with Crippen molar-refractivity contribution in [2.45, 2.75) is 37.5 Å². The van der Waals surface area contributed by atoms with E-state index in [0.717, 1.165) is 31.7 Å². The second-order valence-corrected chi connectivity index (χ2v) is 8.68. The summed E-state index contributed by atoms with van der Waals surface area (Å²) in [4.78, 5) is -0.519. The molecule has 0 heterocycles. The van der Waals surface area contributed by atoms with Gasteiger partial charge in [-0.15, -0.1) is 0 Å². The quantitative estimate of drug-likeness (QED) is 0.599. The Morgan fingerprint density at radius 1 is 1.48 bits per heavy atom. The van der Waals surface area contributed by atoms with E-state index in [-0.39, 0.29) is 27.1 Å². The Balaban J connectivity index is 2.28. The fraction of sp³-hybridized carbons (Fsp3) is 0.538. The molecule has 0 spiro atoms. The average molecular weight is 400 g/mol. The summed E-state index contributed by atoms with van der Waals surface area (Å²) in [5.41, 5.74) is 5.14. The molecular formula is C13H17BrClFN2O2S. The van der Waals surface area contributed by atoms with Crippen molar-refractivity contribution in [2.75, 3.05) is 12.3 Å². The molecule has 1 aliphatic rings. The highest BCUT2D eigenvalue weighted by atomic mass is 79.9. The fourth-order valence-corrected chi connectivity index (χ4v) is 4.42. The van der Waals surface area contributed by atoms with Crippen molar-refractivity contribution in [3.63, 3.8) is 0 Å². The molecule has 1 fully saturated rings. The lowest BCUT2D eigenvalue weighted by Crippen LogP contribution is -2.34. The van der Waals surface area contributed by atoms with Gasteiger partial charge in [-0.05, 0) is 40.3 Å². The van der Waals surface area contributed by atoms with Crippen molar-refractivity contribution < 1.29 is 12.8 Å². The van der Waals surface area contributed by atoms with Crippen LogP contribution in [0.1, 0.15) is 32.6 Å². The number of sulfonamides is 1. The number of hydrogen-bond acceptors (Lipinski definition) is 3. The minimum atomic E-state index is -3.99. The number of nitrogen functional groups attached to an aromatic ring is 1. The predicted molar refractivity (Wildman–Crippen MR) is 85.3 cm³/mol. The van der Waals surface area contributed by atoms with Crippen molar-refractivity contribution in [1.29, 1.82) is 0 Å². The van der Waals surface area contributed by atoms with Gasteiger partial charge in [-0.1, -0.05) is 31.4 Å². The van der Waals surface area contributed by atoms with Gasteiger partial charge in [0.2, 0.25) is 10.0 Å². The molecular weight excluding hydrogens is 383 g/mol. The molecule has 21 heavy (non-hydrogen) atoms. The Kier molecular flexibility index (Phi) is 4.87. The van der Waals surface area contributed by atoms with Crippen LogP contribution in [0.15, 0.2) is 15.4 Å². The second-order valence-electron chi connectivity index (χ2n) is 5.74.